The molecule has 0 heterocycles. The molecule has 0 nitrogen and oxygen atoms in total. The minimum Gasteiger partial charge on any atom is -0.0675 e. The van der Waals surface area contributed by atoms with Crippen molar-refractivity contribution in [3.05, 3.63) is 59.7 Å². The summed E-state index contributed by atoms with van der Waals surface area (Å²) in [6, 6.07) is 30.1. The summed E-state index contributed by atoms with van der Waals surface area (Å²) in [5.74, 6) is 5.60. The topological polar surface area (TPSA) is 0 Å². The van der Waals surface area contributed by atoms with Crippen molar-refractivity contribution >= 4 is 26.5 Å². The largest absolute Gasteiger partial charge is 0.0859 e. The summed E-state index contributed by atoms with van der Waals surface area (Å²) >= 11 is 0. The van der Waals surface area contributed by atoms with Crippen molar-refractivity contribution in [1.29, 1.82) is 0 Å². The third-order valence-electron chi connectivity index (χ3n) is 18.9. The highest BCUT2D eigenvalue weighted by molar-refractivity contribution is 6.92. The summed E-state index contributed by atoms with van der Waals surface area (Å²) in [5.41, 5.74) is 4.57. The molecule has 2 aromatic carbocycles. The van der Waals surface area contributed by atoms with Gasteiger partial charge in [-0.1, -0.05) is 198 Å². The van der Waals surface area contributed by atoms with E-state index in [9.17, 15) is 0 Å². The molecule has 4 aliphatic rings. The zero-order chi connectivity index (χ0) is 39.3. The van der Waals surface area contributed by atoms with E-state index in [1.807, 2.05) is 0 Å². The number of hydrogen-bond donors (Lipinski definition) is 0. The third-order valence-corrected chi connectivity index (χ3v) is 30.2. The fraction of sp³-hybridized carbons (Fsp3) is 0.769. The lowest BCUT2D eigenvalue weighted by Crippen LogP contribution is -2.54. The van der Waals surface area contributed by atoms with Gasteiger partial charge in [0.05, 0.1) is 16.1 Å². The Kier molecular flexibility index (Phi) is 12.5. The summed E-state index contributed by atoms with van der Waals surface area (Å²) in [7, 11) is -2.97. The van der Waals surface area contributed by atoms with Crippen LogP contribution in [-0.2, 0) is 5.41 Å². The standard InChI is InChI=1S/C52H86Si2/c1-14-53(15-2,16-3)43-30-24-39(25-31-43)52(38-22-20-21-23-38,40-26-32-44(33-27-40)54(17-4,18-5)19-6)48-46-36-41(49(7,8)9)28-34-45(46)47-35-29-42(50(10,11)12)37-51(47,48)13/h24-27,30-33,38,41-42,45-48H,14-23,28-29,34-37H2,1-13H3/t41-,42?,45?,46?,47?,48?,51?/m1/s1. The van der Waals surface area contributed by atoms with Gasteiger partial charge in [-0.3, -0.25) is 0 Å². The van der Waals surface area contributed by atoms with E-state index in [0.717, 1.165) is 35.5 Å². The van der Waals surface area contributed by atoms with E-state index in [1.54, 1.807) is 21.5 Å². The van der Waals surface area contributed by atoms with Gasteiger partial charge in [-0.05, 0) is 120 Å². The van der Waals surface area contributed by atoms with E-state index in [-0.39, 0.29) is 5.41 Å². The van der Waals surface area contributed by atoms with Gasteiger partial charge in [0, 0.05) is 5.41 Å². The fourth-order valence-electron chi connectivity index (χ4n) is 15.1. The van der Waals surface area contributed by atoms with Crippen LogP contribution < -0.4 is 10.4 Å². The van der Waals surface area contributed by atoms with Crippen molar-refractivity contribution in [2.75, 3.05) is 0 Å². The van der Waals surface area contributed by atoms with Crippen LogP contribution in [0.5, 0.6) is 0 Å². The molecule has 0 saturated heterocycles. The zero-order valence-corrected chi connectivity index (χ0v) is 40.0. The smallest absolute Gasteiger partial charge is 0.0675 e. The molecule has 4 aliphatic carbocycles. The summed E-state index contributed by atoms with van der Waals surface area (Å²) in [5, 5.41) is 3.45. The van der Waals surface area contributed by atoms with Gasteiger partial charge in [-0.15, -0.1) is 0 Å². The Bertz CT molecular complexity index is 1430. The van der Waals surface area contributed by atoms with Crippen molar-refractivity contribution in [2.45, 2.75) is 196 Å². The maximum atomic E-state index is 2.91. The van der Waals surface area contributed by atoms with E-state index < -0.39 is 16.1 Å². The van der Waals surface area contributed by atoms with Crippen LogP contribution >= 0.6 is 0 Å². The van der Waals surface area contributed by atoms with Gasteiger partial charge in [-0.2, -0.15) is 0 Å². The van der Waals surface area contributed by atoms with Gasteiger partial charge in [0.2, 0.25) is 0 Å². The van der Waals surface area contributed by atoms with Crippen molar-refractivity contribution in [3.63, 3.8) is 0 Å². The molecule has 0 N–H and O–H groups in total. The average Bonchev–Trinajstić information content (AvgIpc) is 3.79. The van der Waals surface area contributed by atoms with Gasteiger partial charge in [0.25, 0.3) is 0 Å². The number of rotatable bonds is 12. The molecule has 0 radical (unpaired) electrons. The molecule has 6 rings (SSSR count). The van der Waals surface area contributed by atoms with Crippen molar-refractivity contribution in [1.82, 2.24) is 0 Å². The van der Waals surface area contributed by atoms with E-state index in [1.165, 1.54) is 100 Å². The van der Waals surface area contributed by atoms with Crippen molar-refractivity contribution in [3.8, 4) is 0 Å². The Labute approximate surface area is 338 Å². The Morgan fingerprint density at radius 2 is 0.944 bits per heavy atom. The summed E-state index contributed by atoms with van der Waals surface area (Å²) in [6.07, 6.45) is 14.3. The molecular weight excluding hydrogens is 681 g/mol. The number of hydrogen-bond acceptors (Lipinski definition) is 0. The normalized spacial score (nSPS) is 30.0. The van der Waals surface area contributed by atoms with Gasteiger partial charge in [-0.25, -0.2) is 0 Å². The van der Waals surface area contributed by atoms with E-state index in [0.29, 0.717) is 22.2 Å². The van der Waals surface area contributed by atoms with Crippen LogP contribution in [0.15, 0.2) is 48.5 Å². The second-order valence-corrected chi connectivity index (χ2v) is 32.8. The van der Waals surface area contributed by atoms with Crippen LogP contribution in [0.2, 0.25) is 36.3 Å². The molecule has 2 heteroatoms. The maximum absolute atomic E-state index is 2.91. The first-order valence-corrected chi connectivity index (χ1v) is 29.0. The van der Waals surface area contributed by atoms with Crippen LogP contribution in [-0.4, -0.2) is 16.1 Å². The molecule has 54 heavy (non-hydrogen) atoms. The molecule has 4 saturated carbocycles. The number of benzene rings is 2. The van der Waals surface area contributed by atoms with E-state index >= 15 is 0 Å². The van der Waals surface area contributed by atoms with E-state index in [2.05, 4.69) is 139 Å². The summed E-state index contributed by atoms with van der Waals surface area (Å²) < 4.78 is 0. The molecule has 0 bridgehead atoms. The first-order valence-electron chi connectivity index (χ1n) is 23.8. The molecule has 2 aromatic rings. The van der Waals surface area contributed by atoms with Gasteiger partial charge >= 0.3 is 0 Å². The molecule has 7 atom stereocenters. The SMILES string of the molecule is CC[Si](CC)(CC)c1ccc(C(c2ccc([Si](CC)(CC)CC)cc2)(C2CCCC2)C2C3C[C@H](C(C)(C)C)CCC3C3CCC(C(C)(C)C)CC32C)cc1. The highest BCUT2D eigenvalue weighted by Crippen LogP contribution is 2.73. The minimum atomic E-state index is -1.49. The van der Waals surface area contributed by atoms with Gasteiger partial charge < -0.3 is 0 Å². The molecule has 0 aliphatic heterocycles. The first-order chi connectivity index (χ1) is 25.5. The molecule has 6 unspecified atom stereocenters. The molecular formula is C52H86Si2. The highest BCUT2D eigenvalue weighted by Gasteiger charge is 2.68. The van der Waals surface area contributed by atoms with Crippen LogP contribution in [0, 0.1) is 57.7 Å². The lowest BCUT2D eigenvalue weighted by atomic mass is 9.46. The summed E-state index contributed by atoms with van der Waals surface area (Å²) in [6.45, 7) is 33.3. The maximum Gasteiger partial charge on any atom is 0.0859 e. The molecule has 0 aromatic heterocycles. The van der Waals surface area contributed by atoms with Crippen LogP contribution in [0.4, 0.5) is 0 Å². The quantitative estimate of drug-likeness (QED) is 0.189. The molecule has 4 fully saturated rings. The van der Waals surface area contributed by atoms with Gasteiger partial charge in [0.1, 0.15) is 0 Å². The Hall–Kier alpha value is -1.13. The molecule has 0 amide bonds. The molecule has 0 spiro atoms. The summed E-state index contributed by atoms with van der Waals surface area (Å²) in [4.78, 5) is 0. The average molecular weight is 767 g/mol. The Balaban J connectivity index is 1.66. The van der Waals surface area contributed by atoms with Crippen LogP contribution in [0.3, 0.4) is 0 Å². The monoisotopic (exact) mass is 767 g/mol. The second kappa shape index (κ2) is 15.9. The number of fused-ring (bicyclic) bond motifs is 3. The second-order valence-electron chi connectivity index (χ2n) is 22.3. The van der Waals surface area contributed by atoms with Crippen molar-refractivity contribution < 1.29 is 0 Å². The van der Waals surface area contributed by atoms with Crippen LogP contribution in [0.25, 0.3) is 0 Å². The lowest BCUT2D eigenvalue weighted by Gasteiger charge is -2.57. The first kappa shape index (κ1) is 42.5. The predicted octanol–water partition coefficient (Wildman–Crippen LogP) is 14.8. The molecule has 302 valence electrons. The fourth-order valence-corrected chi connectivity index (χ4v) is 22.3. The van der Waals surface area contributed by atoms with Crippen molar-refractivity contribution in [2.24, 2.45) is 57.7 Å². The van der Waals surface area contributed by atoms with Gasteiger partial charge in [0.15, 0.2) is 0 Å². The highest BCUT2D eigenvalue weighted by atomic mass is 28.3. The predicted molar refractivity (Wildman–Crippen MR) is 245 cm³/mol. The van der Waals surface area contributed by atoms with Crippen LogP contribution in [0.1, 0.15) is 165 Å². The Morgan fingerprint density at radius 3 is 1.35 bits per heavy atom. The van der Waals surface area contributed by atoms with E-state index in [4.69, 9.17) is 0 Å². The minimum absolute atomic E-state index is 0.0588. The Morgan fingerprint density at radius 1 is 0.519 bits per heavy atom. The zero-order valence-electron chi connectivity index (χ0n) is 38.0. The third kappa shape index (κ3) is 6.96. The lowest BCUT2D eigenvalue weighted by molar-refractivity contribution is -0.0243.